The van der Waals surface area contributed by atoms with Gasteiger partial charge in [0.25, 0.3) is 0 Å². The van der Waals surface area contributed by atoms with E-state index >= 15 is 0 Å². The van der Waals surface area contributed by atoms with Crippen LogP contribution in [0.5, 0.6) is 0 Å². The Morgan fingerprint density at radius 1 is 1.44 bits per heavy atom. The molecule has 0 atom stereocenters. The lowest BCUT2D eigenvalue weighted by Crippen LogP contribution is -2.18. The molecule has 2 heterocycles. The van der Waals surface area contributed by atoms with Crippen molar-refractivity contribution in [3.05, 3.63) is 24.0 Å². The Hall–Kier alpha value is -1.62. The van der Waals surface area contributed by atoms with Gasteiger partial charge in [0, 0.05) is 25.3 Å². The first-order valence-electron chi connectivity index (χ1n) is 6.46. The zero-order valence-electron chi connectivity index (χ0n) is 10.6. The van der Waals surface area contributed by atoms with Crippen LogP contribution in [0, 0.1) is 0 Å². The summed E-state index contributed by atoms with van der Waals surface area (Å²) in [5, 5.41) is 7.89. The quantitative estimate of drug-likeness (QED) is 0.898. The smallest absolute Gasteiger partial charge is 0.157 e. The third kappa shape index (κ3) is 2.18. The first-order valence-corrected chi connectivity index (χ1v) is 6.46. The molecule has 0 bridgehead atoms. The van der Waals surface area contributed by atoms with Gasteiger partial charge in [-0.3, -0.25) is 0 Å². The summed E-state index contributed by atoms with van der Waals surface area (Å²) >= 11 is 0. The lowest BCUT2D eigenvalue weighted by Gasteiger charge is -2.15. The zero-order valence-corrected chi connectivity index (χ0v) is 10.6. The van der Waals surface area contributed by atoms with Crippen molar-refractivity contribution in [3.8, 4) is 0 Å². The van der Waals surface area contributed by atoms with Gasteiger partial charge in [0.15, 0.2) is 5.65 Å². The van der Waals surface area contributed by atoms with Crippen molar-refractivity contribution in [2.75, 3.05) is 12.4 Å². The third-order valence-corrected chi connectivity index (χ3v) is 3.41. The minimum absolute atomic E-state index is 0.529. The summed E-state index contributed by atoms with van der Waals surface area (Å²) in [6.45, 7) is 0.529. The minimum Gasteiger partial charge on any atom is -0.378 e. The number of aromatic nitrogens is 3. The summed E-state index contributed by atoms with van der Waals surface area (Å²) in [5.41, 5.74) is 1.80. The normalized spacial score (nSPS) is 16.5. The monoisotopic (exact) mass is 246 g/mol. The molecule has 1 aliphatic carbocycles. The molecule has 0 amide bonds. The van der Waals surface area contributed by atoms with Crippen LogP contribution in [0.4, 0.5) is 5.82 Å². The number of methoxy groups -OCH3 is 1. The predicted molar refractivity (Wildman–Crippen MR) is 69.6 cm³/mol. The van der Waals surface area contributed by atoms with Crippen molar-refractivity contribution < 1.29 is 4.74 Å². The number of ether oxygens (including phenoxy) is 1. The van der Waals surface area contributed by atoms with Crippen molar-refractivity contribution in [3.63, 3.8) is 0 Å². The Morgan fingerprint density at radius 3 is 3.06 bits per heavy atom. The summed E-state index contributed by atoms with van der Waals surface area (Å²) < 4.78 is 7.02. The van der Waals surface area contributed by atoms with Gasteiger partial charge in [0.2, 0.25) is 0 Å². The first kappa shape index (κ1) is 11.5. The van der Waals surface area contributed by atoms with E-state index in [1.54, 1.807) is 13.3 Å². The van der Waals surface area contributed by atoms with Crippen LogP contribution in [0.25, 0.3) is 5.65 Å². The molecule has 1 N–H and O–H groups in total. The van der Waals surface area contributed by atoms with Crippen molar-refractivity contribution >= 4 is 11.5 Å². The maximum absolute atomic E-state index is 5.16. The molecule has 5 heteroatoms. The van der Waals surface area contributed by atoms with Crippen LogP contribution in [0.3, 0.4) is 0 Å². The fourth-order valence-corrected chi connectivity index (χ4v) is 2.57. The van der Waals surface area contributed by atoms with Crippen LogP contribution in [-0.4, -0.2) is 27.7 Å². The number of nitrogens with one attached hydrogen (secondary N) is 1. The van der Waals surface area contributed by atoms with Crippen LogP contribution >= 0.6 is 0 Å². The minimum atomic E-state index is 0.529. The van der Waals surface area contributed by atoms with Gasteiger partial charge in [0.1, 0.15) is 5.82 Å². The van der Waals surface area contributed by atoms with Crippen molar-refractivity contribution in [2.24, 2.45) is 0 Å². The maximum atomic E-state index is 5.16. The summed E-state index contributed by atoms with van der Waals surface area (Å²) in [4.78, 5) is 4.50. The summed E-state index contributed by atoms with van der Waals surface area (Å²) in [5.74, 6) is 1.02. The van der Waals surface area contributed by atoms with Gasteiger partial charge in [-0.05, 0) is 12.8 Å². The van der Waals surface area contributed by atoms with Crippen molar-refractivity contribution in [1.29, 1.82) is 0 Å². The lowest BCUT2D eigenvalue weighted by molar-refractivity contribution is 0.181. The first-order chi connectivity index (χ1) is 8.86. The zero-order chi connectivity index (χ0) is 12.4. The third-order valence-electron chi connectivity index (χ3n) is 3.41. The molecule has 0 aliphatic heterocycles. The van der Waals surface area contributed by atoms with Gasteiger partial charge in [-0.2, -0.15) is 9.61 Å². The largest absolute Gasteiger partial charge is 0.378 e. The second kappa shape index (κ2) is 4.94. The Balaban J connectivity index is 1.93. The molecule has 0 unspecified atom stereocenters. The molecule has 2 aromatic rings. The molecular weight excluding hydrogens is 228 g/mol. The van der Waals surface area contributed by atoms with Crippen LogP contribution < -0.4 is 5.32 Å². The highest BCUT2D eigenvalue weighted by molar-refractivity contribution is 5.49. The molecule has 3 rings (SSSR count). The average Bonchev–Trinajstić information content (AvgIpc) is 2.99. The molecule has 5 nitrogen and oxygen atoms in total. The van der Waals surface area contributed by atoms with E-state index in [-0.39, 0.29) is 0 Å². The number of rotatable bonds is 4. The van der Waals surface area contributed by atoms with Gasteiger partial charge in [-0.1, -0.05) is 12.8 Å². The standard InChI is InChI=1S/C13H18N4O/c1-18-9-11-8-13(15-10-4-2-3-5-10)17-12(16-11)6-7-14-17/h6-8,10,15H,2-5,9H2,1H3. The molecule has 96 valence electrons. The predicted octanol–water partition coefficient (Wildman–Crippen LogP) is 2.23. The number of fused-ring (bicyclic) bond motifs is 1. The number of nitrogens with zero attached hydrogens (tertiary/aromatic N) is 3. The van der Waals surface area contributed by atoms with E-state index in [0.29, 0.717) is 12.6 Å². The molecule has 1 aliphatic rings. The number of hydrogen-bond donors (Lipinski definition) is 1. The van der Waals surface area contributed by atoms with E-state index in [2.05, 4.69) is 15.4 Å². The highest BCUT2D eigenvalue weighted by Crippen LogP contribution is 2.23. The molecule has 2 aromatic heterocycles. The molecule has 0 saturated heterocycles. The van der Waals surface area contributed by atoms with Crippen molar-refractivity contribution in [2.45, 2.75) is 38.3 Å². The molecule has 1 fully saturated rings. The number of anilines is 1. The van der Waals surface area contributed by atoms with Gasteiger partial charge in [0.05, 0.1) is 18.5 Å². The molecule has 0 radical (unpaired) electrons. The fourth-order valence-electron chi connectivity index (χ4n) is 2.57. The van der Waals surface area contributed by atoms with Crippen LogP contribution in [0.15, 0.2) is 18.3 Å². The van der Waals surface area contributed by atoms with Gasteiger partial charge in [-0.15, -0.1) is 0 Å². The maximum Gasteiger partial charge on any atom is 0.157 e. The lowest BCUT2D eigenvalue weighted by atomic mass is 10.2. The molecule has 1 saturated carbocycles. The molecule has 18 heavy (non-hydrogen) atoms. The molecule has 0 aromatic carbocycles. The van der Waals surface area contributed by atoms with Gasteiger partial charge in [-0.25, -0.2) is 4.98 Å². The Kier molecular flexibility index (Phi) is 3.15. The highest BCUT2D eigenvalue weighted by Gasteiger charge is 2.16. The summed E-state index contributed by atoms with van der Waals surface area (Å²) in [6.07, 6.45) is 6.89. The van der Waals surface area contributed by atoms with E-state index < -0.39 is 0 Å². The molecular formula is C13H18N4O. The van der Waals surface area contributed by atoms with Crippen LogP contribution in [-0.2, 0) is 11.3 Å². The second-order valence-corrected chi connectivity index (χ2v) is 4.79. The van der Waals surface area contributed by atoms with E-state index in [1.165, 1.54) is 25.7 Å². The molecule has 0 spiro atoms. The number of hydrogen-bond acceptors (Lipinski definition) is 4. The topological polar surface area (TPSA) is 51.5 Å². The Morgan fingerprint density at radius 2 is 2.28 bits per heavy atom. The van der Waals surface area contributed by atoms with E-state index in [1.807, 2.05) is 16.6 Å². The average molecular weight is 246 g/mol. The summed E-state index contributed by atoms with van der Waals surface area (Å²) in [7, 11) is 1.69. The van der Waals surface area contributed by atoms with Crippen LogP contribution in [0.2, 0.25) is 0 Å². The van der Waals surface area contributed by atoms with E-state index in [9.17, 15) is 0 Å². The van der Waals surface area contributed by atoms with Gasteiger partial charge < -0.3 is 10.1 Å². The van der Waals surface area contributed by atoms with Crippen molar-refractivity contribution in [1.82, 2.24) is 14.6 Å². The SMILES string of the molecule is COCc1cc(NC2CCCC2)n2nccc2n1. The van der Waals surface area contributed by atoms with Gasteiger partial charge >= 0.3 is 0 Å². The second-order valence-electron chi connectivity index (χ2n) is 4.79. The fraction of sp³-hybridized carbons (Fsp3) is 0.538. The Labute approximate surface area is 106 Å². The van der Waals surface area contributed by atoms with E-state index in [0.717, 1.165) is 17.2 Å². The van der Waals surface area contributed by atoms with E-state index in [4.69, 9.17) is 4.74 Å². The highest BCUT2D eigenvalue weighted by atomic mass is 16.5. The summed E-state index contributed by atoms with van der Waals surface area (Å²) in [6, 6.07) is 4.51. The van der Waals surface area contributed by atoms with Crippen LogP contribution in [0.1, 0.15) is 31.4 Å². The Bertz CT molecular complexity index is 531.